The molecule has 124 valence electrons. The van der Waals surface area contributed by atoms with Gasteiger partial charge in [-0.05, 0) is 41.8 Å². The zero-order valence-electron chi connectivity index (χ0n) is 14.1. The third-order valence-corrected chi connectivity index (χ3v) is 4.32. The van der Waals surface area contributed by atoms with Crippen LogP contribution in [0, 0.1) is 0 Å². The predicted octanol–water partition coefficient (Wildman–Crippen LogP) is 3.03. The van der Waals surface area contributed by atoms with Crippen LogP contribution < -0.4 is 20.9 Å². The molecule has 0 fully saturated rings. The largest absolute Gasteiger partial charge is 0.497 e. The van der Waals surface area contributed by atoms with Crippen LogP contribution in [0.1, 0.15) is 30.9 Å². The van der Waals surface area contributed by atoms with E-state index in [0.29, 0.717) is 0 Å². The fraction of sp³-hybridized carbons (Fsp3) is 0.368. The summed E-state index contributed by atoms with van der Waals surface area (Å²) >= 11 is 0. The Bertz CT molecular complexity index is 561. The number of ether oxygens (including phenoxy) is 2. The highest BCUT2D eigenvalue weighted by atomic mass is 16.5. The summed E-state index contributed by atoms with van der Waals surface area (Å²) in [6, 6.07) is 15.4. The summed E-state index contributed by atoms with van der Waals surface area (Å²) in [4.78, 5) is 0. The highest BCUT2D eigenvalue weighted by Crippen LogP contribution is 2.33. The minimum absolute atomic E-state index is 0.186. The van der Waals surface area contributed by atoms with Gasteiger partial charge < -0.3 is 20.9 Å². The summed E-state index contributed by atoms with van der Waals surface area (Å²) in [6.45, 7) is 2.11. The maximum atomic E-state index is 6.85. The Morgan fingerprint density at radius 2 is 1.26 bits per heavy atom. The zero-order valence-corrected chi connectivity index (χ0v) is 14.1. The van der Waals surface area contributed by atoms with Gasteiger partial charge in [0.2, 0.25) is 0 Å². The molecular formula is C19H26N2O2. The predicted molar refractivity (Wildman–Crippen MR) is 93.8 cm³/mol. The Hall–Kier alpha value is -2.04. The van der Waals surface area contributed by atoms with Gasteiger partial charge in [0.25, 0.3) is 0 Å². The molecule has 0 unspecified atom stereocenters. The van der Waals surface area contributed by atoms with Gasteiger partial charge in [0, 0.05) is 6.04 Å². The monoisotopic (exact) mass is 314 g/mol. The lowest BCUT2D eigenvalue weighted by Gasteiger charge is -2.36. The van der Waals surface area contributed by atoms with E-state index in [-0.39, 0.29) is 6.04 Å². The van der Waals surface area contributed by atoms with E-state index in [1.54, 1.807) is 14.2 Å². The van der Waals surface area contributed by atoms with Crippen LogP contribution in [0.2, 0.25) is 0 Å². The van der Waals surface area contributed by atoms with Crippen molar-refractivity contribution in [2.75, 3.05) is 14.2 Å². The minimum atomic E-state index is -0.755. The molecule has 0 amide bonds. The number of rotatable bonds is 7. The van der Waals surface area contributed by atoms with Crippen LogP contribution in [0.4, 0.5) is 0 Å². The van der Waals surface area contributed by atoms with Crippen LogP contribution in [-0.4, -0.2) is 20.3 Å². The molecule has 4 nitrogen and oxygen atoms in total. The molecule has 4 N–H and O–H groups in total. The molecule has 23 heavy (non-hydrogen) atoms. The van der Waals surface area contributed by atoms with Gasteiger partial charge >= 0.3 is 0 Å². The fourth-order valence-corrected chi connectivity index (χ4v) is 2.87. The van der Waals surface area contributed by atoms with E-state index in [9.17, 15) is 0 Å². The first-order valence-corrected chi connectivity index (χ1v) is 7.89. The maximum Gasteiger partial charge on any atom is 0.118 e. The van der Waals surface area contributed by atoms with E-state index >= 15 is 0 Å². The maximum absolute atomic E-state index is 6.85. The van der Waals surface area contributed by atoms with Crippen molar-refractivity contribution in [3.8, 4) is 11.5 Å². The standard InChI is InChI=1S/C19H26N2O2/c1-4-5-18(20)19(21,14-6-10-16(22-2)11-7-14)15-8-12-17(23-3)13-9-15/h6-13,18H,4-5,20-21H2,1-3H3/t18-/m0/s1. The molecule has 2 rings (SSSR count). The fourth-order valence-electron chi connectivity index (χ4n) is 2.87. The second-order valence-electron chi connectivity index (χ2n) is 5.72. The number of hydrogen-bond donors (Lipinski definition) is 2. The second kappa shape index (κ2) is 7.49. The normalized spacial score (nSPS) is 12.7. The summed E-state index contributed by atoms with van der Waals surface area (Å²) in [7, 11) is 3.30. The van der Waals surface area contributed by atoms with Gasteiger partial charge in [-0.1, -0.05) is 37.6 Å². The Kier molecular flexibility index (Phi) is 5.64. The number of nitrogens with two attached hydrogens (primary N) is 2. The SMILES string of the molecule is CCC[C@H](N)C(N)(c1ccc(OC)cc1)c1ccc(OC)cc1. The molecule has 0 saturated heterocycles. The first kappa shape index (κ1) is 17.3. The van der Waals surface area contributed by atoms with E-state index in [4.69, 9.17) is 20.9 Å². The number of benzene rings is 2. The lowest BCUT2D eigenvalue weighted by molar-refractivity contribution is 0.390. The lowest BCUT2D eigenvalue weighted by atomic mass is 9.76. The molecular weight excluding hydrogens is 288 g/mol. The van der Waals surface area contributed by atoms with Gasteiger partial charge in [-0.2, -0.15) is 0 Å². The van der Waals surface area contributed by atoms with Crippen molar-refractivity contribution >= 4 is 0 Å². The number of methoxy groups -OCH3 is 2. The smallest absolute Gasteiger partial charge is 0.118 e. The highest BCUT2D eigenvalue weighted by molar-refractivity contribution is 5.43. The summed E-state index contributed by atoms with van der Waals surface area (Å²) in [5.74, 6) is 1.60. The molecule has 0 aliphatic heterocycles. The third-order valence-electron chi connectivity index (χ3n) is 4.32. The van der Waals surface area contributed by atoms with E-state index in [2.05, 4.69) is 6.92 Å². The molecule has 0 aliphatic rings. The van der Waals surface area contributed by atoms with E-state index in [0.717, 1.165) is 35.5 Å². The molecule has 0 aliphatic carbocycles. The third kappa shape index (κ3) is 3.49. The van der Waals surface area contributed by atoms with Gasteiger partial charge in [-0.15, -0.1) is 0 Å². The summed E-state index contributed by atoms with van der Waals surface area (Å²) < 4.78 is 10.5. The molecule has 2 aromatic carbocycles. The summed E-state index contributed by atoms with van der Waals surface area (Å²) in [5.41, 5.74) is 14.5. The van der Waals surface area contributed by atoms with Crippen molar-refractivity contribution in [2.24, 2.45) is 11.5 Å². The van der Waals surface area contributed by atoms with E-state index in [1.165, 1.54) is 0 Å². The van der Waals surface area contributed by atoms with Crippen molar-refractivity contribution < 1.29 is 9.47 Å². The first-order valence-electron chi connectivity index (χ1n) is 7.89. The zero-order chi connectivity index (χ0) is 16.9. The van der Waals surface area contributed by atoms with Crippen molar-refractivity contribution in [1.29, 1.82) is 0 Å². The minimum Gasteiger partial charge on any atom is -0.497 e. The van der Waals surface area contributed by atoms with E-state index < -0.39 is 5.54 Å². The van der Waals surface area contributed by atoms with Crippen LogP contribution in [0.15, 0.2) is 48.5 Å². The van der Waals surface area contributed by atoms with Crippen LogP contribution in [0.5, 0.6) is 11.5 Å². The van der Waals surface area contributed by atoms with Crippen LogP contribution in [0.3, 0.4) is 0 Å². The molecule has 0 aromatic heterocycles. The van der Waals surface area contributed by atoms with Gasteiger partial charge in [-0.25, -0.2) is 0 Å². The molecule has 0 saturated carbocycles. The Balaban J connectivity index is 2.49. The molecule has 0 heterocycles. The first-order chi connectivity index (χ1) is 11.1. The Morgan fingerprint density at radius 1 is 0.870 bits per heavy atom. The second-order valence-corrected chi connectivity index (χ2v) is 5.72. The van der Waals surface area contributed by atoms with Gasteiger partial charge in [0.05, 0.1) is 19.8 Å². The van der Waals surface area contributed by atoms with Crippen LogP contribution in [0.25, 0.3) is 0 Å². The van der Waals surface area contributed by atoms with E-state index in [1.807, 2.05) is 48.5 Å². The Morgan fingerprint density at radius 3 is 1.57 bits per heavy atom. The van der Waals surface area contributed by atoms with Crippen molar-refractivity contribution in [3.05, 3.63) is 59.7 Å². The number of hydrogen-bond acceptors (Lipinski definition) is 4. The average molecular weight is 314 g/mol. The molecule has 0 spiro atoms. The summed E-state index contributed by atoms with van der Waals surface area (Å²) in [6.07, 6.45) is 1.82. The molecule has 2 aromatic rings. The lowest BCUT2D eigenvalue weighted by Crippen LogP contribution is -2.53. The molecule has 0 radical (unpaired) electrons. The average Bonchev–Trinajstić information content (AvgIpc) is 2.61. The topological polar surface area (TPSA) is 70.5 Å². The van der Waals surface area contributed by atoms with Gasteiger partial charge in [0.1, 0.15) is 11.5 Å². The van der Waals surface area contributed by atoms with Gasteiger partial charge in [0.15, 0.2) is 0 Å². The molecule has 1 atom stereocenters. The highest BCUT2D eigenvalue weighted by Gasteiger charge is 2.35. The summed E-state index contributed by atoms with van der Waals surface area (Å²) in [5, 5.41) is 0. The quantitative estimate of drug-likeness (QED) is 0.824. The van der Waals surface area contributed by atoms with Crippen LogP contribution in [-0.2, 0) is 5.54 Å². The van der Waals surface area contributed by atoms with Gasteiger partial charge in [-0.3, -0.25) is 0 Å². The Labute approximate surface area is 138 Å². The van der Waals surface area contributed by atoms with Crippen LogP contribution >= 0.6 is 0 Å². The van der Waals surface area contributed by atoms with Crippen molar-refractivity contribution in [3.63, 3.8) is 0 Å². The van der Waals surface area contributed by atoms with Crippen molar-refractivity contribution in [2.45, 2.75) is 31.3 Å². The van der Waals surface area contributed by atoms with Crippen molar-refractivity contribution in [1.82, 2.24) is 0 Å². The molecule has 4 heteroatoms. The molecule has 0 bridgehead atoms.